The number of hydrogen-bond acceptors (Lipinski definition) is 3. The topological polar surface area (TPSA) is 75.4 Å². The van der Waals surface area contributed by atoms with Crippen molar-refractivity contribution < 1.29 is 9.90 Å². The highest BCUT2D eigenvalue weighted by Gasteiger charge is 2.11. The Morgan fingerprint density at radius 1 is 1.29 bits per heavy atom. The van der Waals surface area contributed by atoms with Gasteiger partial charge in [-0.2, -0.15) is 0 Å². The highest BCUT2D eigenvalue weighted by atomic mass is 16.3. The summed E-state index contributed by atoms with van der Waals surface area (Å²) in [6.45, 7) is 6.23. The Labute approximate surface area is 102 Å². The van der Waals surface area contributed by atoms with Gasteiger partial charge in [0, 0.05) is 6.54 Å². The minimum Gasteiger partial charge on any atom is -0.394 e. The van der Waals surface area contributed by atoms with E-state index in [-0.39, 0.29) is 12.5 Å². The zero-order valence-electron chi connectivity index (χ0n) is 10.6. The molecule has 0 radical (unpaired) electrons. The fraction of sp³-hybridized carbons (Fsp3) is 0.462. The number of hydrogen-bond donors (Lipinski definition) is 3. The summed E-state index contributed by atoms with van der Waals surface area (Å²) in [6, 6.07) is 3.32. The Balaban J connectivity index is 2.70. The summed E-state index contributed by atoms with van der Waals surface area (Å²) in [5, 5.41) is 11.5. The smallest absolute Gasteiger partial charge is 0.239 e. The van der Waals surface area contributed by atoms with E-state index in [1.54, 1.807) is 0 Å². The van der Waals surface area contributed by atoms with Crippen LogP contribution < -0.4 is 11.1 Å². The van der Waals surface area contributed by atoms with Crippen LogP contribution in [0.4, 0.5) is 0 Å². The van der Waals surface area contributed by atoms with Gasteiger partial charge in [0.25, 0.3) is 0 Å². The van der Waals surface area contributed by atoms with Crippen LogP contribution in [0.2, 0.25) is 0 Å². The van der Waals surface area contributed by atoms with Crippen LogP contribution in [0.3, 0.4) is 0 Å². The first-order valence-corrected chi connectivity index (χ1v) is 5.66. The van der Waals surface area contributed by atoms with Gasteiger partial charge in [0.15, 0.2) is 0 Å². The second kappa shape index (κ2) is 5.80. The quantitative estimate of drug-likeness (QED) is 0.714. The molecule has 1 atom stereocenters. The lowest BCUT2D eigenvalue weighted by molar-refractivity contribution is -0.123. The molecule has 1 unspecified atom stereocenters. The predicted octanol–water partition coefficient (Wildman–Crippen LogP) is 0.548. The fourth-order valence-corrected chi connectivity index (χ4v) is 1.61. The third-order valence-electron chi connectivity index (χ3n) is 2.94. The summed E-state index contributed by atoms with van der Waals surface area (Å²) in [6.07, 6.45) is 0. The maximum Gasteiger partial charge on any atom is 0.239 e. The van der Waals surface area contributed by atoms with Crippen LogP contribution >= 0.6 is 0 Å². The summed E-state index contributed by atoms with van der Waals surface area (Å²) in [5.41, 5.74) is 10.1. The van der Waals surface area contributed by atoms with Crippen LogP contribution in [0.5, 0.6) is 0 Å². The van der Waals surface area contributed by atoms with E-state index in [0.717, 1.165) is 11.1 Å². The fourth-order valence-electron chi connectivity index (χ4n) is 1.61. The highest BCUT2D eigenvalue weighted by Crippen LogP contribution is 2.14. The molecule has 0 aliphatic rings. The van der Waals surface area contributed by atoms with E-state index in [1.807, 2.05) is 13.8 Å². The van der Waals surface area contributed by atoms with E-state index in [4.69, 9.17) is 10.8 Å². The second-order valence-corrected chi connectivity index (χ2v) is 4.37. The molecule has 4 N–H and O–H groups in total. The molecule has 0 spiro atoms. The zero-order chi connectivity index (χ0) is 13.0. The Morgan fingerprint density at radius 3 is 2.47 bits per heavy atom. The van der Waals surface area contributed by atoms with E-state index in [2.05, 4.69) is 24.4 Å². The molecule has 1 amide bonds. The summed E-state index contributed by atoms with van der Waals surface area (Å²) in [5.74, 6) is -0.329. The standard InChI is InChI=1S/C13H20N2O2/c1-8-4-10(3)11(5-9(8)2)6-15-13(17)12(14)7-16/h4-5,12,16H,6-7,14H2,1-3H3,(H,15,17). The SMILES string of the molecule is Cc1cc(C)c(CNC(=O)C(N)CO)cc1C. The van der Waals surface area contributed by atoms with Crippen molar-refractivity contribution in [1.82, 2.24) is 5.32 Å². The molecule has 0 heterocycles. The average Bonchev–Trinajstić information content (AvgIpc) is 2.30. The molecule has 0 saturated heterocycles. The van der Waals surface area contributed by atoms with Gasteiger partial charge in [-0.25, -0.2) is 0 Å². The maximum atomic E-state index is 11.4. The second-order valence-electron chi connectivity index (χ2n) is 4.37. The molecule has 4 nitrogen and oxygen atoms in total. The van der Waals surface area contributed by atoms with Crippen molar-refractivity contribution in [1.29, 1.82) is 0 Å². The summed E-state index contributed by atoms with van der Waals surface area (Å²) >= 11 is 0. The largest absolute Gasteiger partial charge is 0.394 e. The van der Waals surface area contributed by atoms with Gasteiger partial charge in [0.2, 0.25) is 5.91 Å². The average molecular weight is 236 g/mol. The number of carbonyl (C=O) groups is 1. The molecular weight excluding hydrogens is 216 g/mol. The van der Waals surface area contributed by atoms with Crippen LogP contribution in [0, 0.1) is 20.8 Å². The van der Waals surface area contributed by atoms with Crippen LogP contribution in [0.25, 0.3) is 0 Å². The number of rotatable bonds is 4. The van der Waals surface area contributed by atoms with E-state index < -0.39 is 6.04 Å². The predicted molar refractivity (Wildman–Crippen MR) is 67.6 cm³/mol. The van der Waals surface area contributed by atoms with Gasteiger partial charge in [-0.15, -0.1) is 0 Å². The monoisotopic (exact) mass is 236 g/mol. The van der Waals surface area contributed by atoms with E-state index >= 15 is 0 Å². The molecule has 17 heavy (non-hydrogen) atoms. The van der Waals surface area contributed by atoms with Crippen LogP contribution in [0.1, 0.15) is 22.3 Å². The van der Waals surface area contributed by atoms with E-state index in [1.165, 1.54) is 11.1 Å². The van der Waals surface area contributed by atoms with Gasteiger partial charge in [-0.1, -0.05) is 12.1 Å². The molecule has 1 aromatic rings. The summed E-state index contributed by atoms with van der Waals surface area (Å²) < 4.78 is 0. The Morgan fingerprint density at radius 2 is 1.88 bits per heavy atom. The lowest BCUT2D eigenvalue weighted by Gasteiger charge is -2.13. The minimum atomic E-state index is -0.846. The number of aliphatic hydroxyl groups is 1. The van der Waals surface area contributed by atoms with Gasteiger partial charge < -0.3 is 16.2 Å². The number of benzene rings is 1. The first-order chi connectivity index (χ1) is 7.95. The van der Waals surface area contributed by atoms with Crippen molar-refractivity contribution in [3.63, 3.8) is 0 Å². The van der Waals surface area contributed by atoms with Crippen LogP contribution in [-0.4, -0.2) is 23.7 Å². The van der Waals surface area contributed by atoms with Crippen molar-refractivity contribution in [3.05, 3.63) is 34.4 Å². The van der Waals surface area contributed by atoms with Crippen LogP contribution in [0.15, 0.2) is 12.1 Å². The summed E-state index contributed by atoms with van der Waals surface area (Å²) in [4.78, 5) is 11.4. The van der Waals surface area contributed by atoms with Gasteiger partial charge >= 0.3 is 0 Å². The lowest BCUT2D eigenvalue weighted by atomic mass is 10.0. The minimum absolute atomic E-state index is 0.329. The van der Waals surface area contributed by atoms with Crippen molar-refractivity contribution in [2.24, 2.45) is 5.73 Å². The van der Waals surface area contributed by atoms with E-state index in [0.29, 0.717) is 6.54 Å². The Kier molecular flexibility index (Phi) is 4.66. The zero-order valence-corrected chi connectivity index (χ0v) is 10.6. The first kappa shape index (κ1) is 13.7. The number of amides is 1. The van der Waals surface area contributed by atoms with Crippen LogP contribution in [-0.2, 0) is 11.3 Å². The first-order valence-electron chi connectivity index (χ1n) is 5.66. The molecule has 1 aromatic carbocycles. The third-order valence-corrected chi connectivity index (χ3v) is 2.94. The molecular formula is C13H20N2O2. The molecule has 0 aliphatic carbocycles. The van der Waals surface area contributed by atoms with Crippen molar-refractivity contribution in [2.45, 2.75) is 33.4 Å². The molecule has 4 heteroatoms. The molecule has 0 aliphatic heterocycles. The highest BCUT2D eigenvalue weighted by molar-refractivity contribution is 5.81. The molecule has 0 bridgehead atoms. The van der Waals surface area contributed by atoms with Crippen molar-refractivity contribution >= 4 is 5.91 Å². The number of carbonyl (C=O) groups excluding carboxylic acids is 1. The molecule has 1 rings (SSSR count). The molecule has 0 aromatic heterocycles. The number of nitrogens with two attached hydrogens (primary N) is 1. The normalized spacial score (nSPS) is 12.3. The third kappa shape index (κ3) is 3.54. The molecule has 0 saturated carbocycles. The Hall–Kier alpha value is -1.39. The number of nitrogens with one attached hydrogen (secondary N) is 1. The van der Waals surface area contributed by atoms with Gasteiger partial charge in [0.1, 0.15) is 6.04 Å². The lowest BCUT2D eigenvalue weighted by Crippen LogP contribution is -2.42. The van der Waals surface area contributed by atoms with Crippen molar-refractivity contribution in [3.8, 4) is 0 Å². The molecule has 0 fully saturated rings. The van der Waals surface area contributed by atoms with Crippen molar-refractivity contribution in [2.75, 3.05) is 6.61 Å². The van der Waals surface area contributed by atoms with Gasteiger partial charge in [-0.3, -0.25) is 4.79 Å². The Bertz CT molecular complexity index is 416. The van der Waals surface area contributed by atoms with Gasteiger partial charge in [-0.05, 0) is 43.0 Å². The maximum absolute atomic E-state index is 11.4. The van der Waals surface area contributed by atoms with Gasteiger partial charge in [0.05, 0.1) is 6.61 Å². The van der Waals surface area contributed by atoms with E-state index in [9.17, 15) is 4.79 Å². The molecule has 94 valence electrons. The number of aliphatic hydroxyl groups excluding tert-OH is 1. The summed E-state index contributed by atoms with van der Waals surface area (Å²) in [7, 11) is 0. The number of aryl methyl sites for hydroxylation is 3.